The monoisotopic (exact) mass is 311 g/mol. The molecule has 1 aromatic rings. The van der Waals surface area contributed by atoms with Gasteiger partial charge in [0, 0.05) is 40.9 Å². The topological polar surface area (TPSA) is 41.5 Å². The minimum Gasteiger partial charge on any atom is -0.396 e. The third-order valence-electron chi connectivity index (χ3n) is 3.99. The van der Waals surface area contributed by atoms with Crippen LogP contribution in [0.4, 0.5) is 5.69 Å². The minimum absolute atomic E-state index is 0.224. The third-order valence-corrected chi connectivity index (χ3v) is 4.48. The molecule has 2 heterocycles. The van der Waals surface area contributed by atoms with E-state index in [2.05, 4.69) is 39.4 Å². The van der Waals surface area contributed by atoms with Crippen LogP contribution >= 0.6 is 15.9 Å². The summed E-state index contributed by atoms with van der Waals surface area (Å²) in [6, 6.07) is 6.76. The predicted molar refractivity (Wildman–Crippen MR) is 74.7 cm³/mol. The van der Waals surface area contributed by atoms with E-state index in [1.807, 2.05) is 0 Å². The summed E-state index contributed by atoms with van der Waals surface area (Å²) in [5, 5.41) is 12.6. The Morgan fingerprint density at radius 2 is 2.33 bits per heavy atom. The van der Waals surface area contributed by atoms with Crippen molar-refractivity contribution in [2.75, 3.05) is 18.5 Å². The van der Waals surface area contributed by atoms with Gasteiger partial charge in [-0.3, -0.25) is 0 Å². The fraction of sp³-hybridized carbons (Fsp3) is 0.571. The standard InChI is InChI=1S/C14H18BrNO2/c15-9-3-4-13-11(8-9)14-10(5-7-18-14)12(16-13)2-1-6-17/h3-4,8,10,12,14,16-17H,1-2,5-7H2. The van der Waals surface area contributed by atoms with Crippen molar-refractivity contribution < 1.29 is 9.84 Å². The van der Waals surface area contributed by atoms with Crippen LogP contribution in [0.3, 0.4) is 0 Å². The van der Waals surface area contributed by atoms with Crippen molar-refractivity contribution in [3.05, 3.63) is 28.2 Å². The highest BCUT2D eigenvalue weighted by Gasteiger charge is 2.40. The van der Waals surface area contributed by atoms with Crippen LogP contribution in [-0.4, -0.2) is 24.4 Å². The Labute approximate surface area is 116 Å². The molecule has 0 spiro atoms. The van der Waals surface area contributed by atoms with Gasteiger partial charge in [0.2, 0.25) is 0 Å². The van der Waals surface area contributed by atoms with Gasteiger partial charge in [0.15, 0.2) is 0 Å². The van der Waals surface area contributed by atoms with Crippen molar-refractivity contribution >= 4 is 21.6 Å². The molecule has 18 heavy (non-hydrogen) atoms. The predicted octanol–water partition coefficient (Wildman–Crippen LogP) is 3.09. The van der Waals surface area contributed by atoms with E-state index in [-0.39, 0.29) is 12.7 Å². The lowest BCUT2D eigenvalue weighted by Gasteiger charge is -2.36. The SMILES string of the molecule is OCCCC1Nc2ccc(Br)cc2C2OCCC12. The van der Waals surface area contributed by atoms with E-state index in [1.165, 1.54) is 11.3 Å². The summed E-state index contributed by atoms with van der Waals surface area (Å²) in [5.41, 5.74) is 2.46. The molecule has 2 aliphatic rings. The summed E-state index contributed by atoms with van der Waals surface area (Å²) < 4.78 is 7.03. The molecular formula is C14H18BrNO2. The zero-order chi connectivity index (χ0) is 12.5. The van der Waals surface area contributed by atoms with Gasteiger partial charge in [-0.25, -0.2) is 0 Å². The first kappa shape index (κ1) is 12.5. The zero-order valence-electron chi connectivity index (χ0n) is 10.2. The summed E-state index contributed by atoms with van der Waals surface area (Å²) in [7, 11) is 0. The zero-order valence-corrected chi connectivity index (χ0v) is 11.8. The Kier molecular flexibility index (Phi) is 3.59. The molecule has 3 rings (SSSR count). The van der Waals surface area contributed by atoms with Crippen molar-refractivity contribution in [1.29, 1.82) is 0 Å². The molecule has 0 amide bonds. The number of aliphatic hydroxyl groups excluding tert-OH is 1. The first-order chi connectivity index (χ1) is 8.79. The van der Waals surface area contributed by atoms with E-state index in [9.17, 15) is 0 Å². The quantitative estimate of drug-likeness (QED) is 0.901. The van der Waals surface area contributed by atoms with Crippen LogP contribution in [0.2, 0.25) is 0 Å². The number of hydrogen-bond donors (Lipinski definition) is 2. The van der Waals surface area contributed by atoms with E-state index in [0.717, 1.165) is 30.3 Å². The summed E-state index contributed by atoms with van der Waals surface area (Å²) in [4.78, 5) is 0. The lowest BCUT2D eigenvalue weighted by atomic mass is 9.82. The Morgan fingerprint density at radius 1 is 1.44 bits per heavy atom. The molecule has 1 fully saturated rings. The minimum atomic E-state index is 0.224. The first-order valence-corrected chi connectivity index (χ1v) is 7.37. The van der Waals surface area contributed by atoms with Crippen LogP contribution in [0.25, 0.3) is 0 Å². The van der Waals surface area contributed by atoms with Gasteiger partial charge in [-0.1, -0.05) is 15.9 Å². The van der Waals surface area contributed by atoms with Gasteiger partial charge in [0.25, 0.3) is 0 Å². The van der Waals surface area contributed by atoms with E-state index in [0.29, 0.717) is 12.0 Å². The Morgan fingerprint density at radius 3 is 3.17 bits per heavy atom. The fourth-order valence-corrected chi connectivity index (χ4v) is 3.52. The molecule has 4 heteroatoms. The maximum Gasteiger partial charge on any atom is 0.0893 e. The molecule has 3 atom stereocenters. The molecule has 3 unspecified atom stereocenters. The van der Waals surface area contributed by atoms with Gasteiger partial charge < -0.3 is 15.2 Å². The number of rotatable bonds is 3. The summed E-state index contributed by atoms with van der Waals surface area (Å²) in [6.45, 7) is 1.11. The second-order valence-electron chi connectivity index (χ2n) is 5.09. The molecule has 2 aliphatic heterocycles. The van der Waals surface area contributed by atoms with Crippen molar-refractivity contribution in [3.63, 3.8) is 0 Å². The van der Waals surface area contributed by atoms with Crippen LogP contribution in [0.5, 0.6) is 0 Å². The maximum atomic E-state index is 9.00. The van der Waals surface area contributed by atoms with Crippen LogP contribution in [0, 0.1) is 5.92 Å². The van der Waals surface area contributed by atoms with Crippen LogP contribution < -0.4 is 5.32 Å². The molecule has 1 aromatic carbocycles. The molecule has 0 saturated carbocycles. The summed E-state index contributed by atoms with van der Waals surface area (Å²) >= 11 is 3.53. The molecule has 98 valence electrons. The number of halogens is 1. The van der Waals surface area contributed by atoms with Crippen LogP contribution in [0.15, 0.2) is 22.7 Å². The van der Waals surface area contributed by atoms with Gasteiger partial charge in [0.1, 0.15) is 0 Å². The molecular weight excluding hydrogens is 294 g/mol. The van der Waals surface area contributed by atoms with Gasteiger partial charge in [-0.2, -0.15) is 0 Å². The molecule has 1 saturated heterocycles. The summed E-state index contributed by atoms with van der Waals surface area (Å²) in [6.07, 6.45) is 3.20. The normalized spacial score (nSPS) is 29.6. The largest absolute Gasteiger partial charge is 0.396 e. The molecule has 0 aromatic heterocycles. The highest BCUT2D eigenvalue weighted by molar-refractivity contribution is 9.10. The Hall–Kier alpha value is -0.580. The highest BCUT2D eigenvalue weighted by Crippen LogP contribution is 2.46. The van der Waals surface area contributed by atoms with E-state index in [4.69, 9.17) is 9.84 Å². The van der Waals surface area contributed by atoms with E-state index in [1.54, 1.807) is 0 Å². The van der Waals surface area contributed by atoms with Gasteiger partial charge in [0.05, 0.1) is 6.10 Å². The number of aliphatic hydroxyl groups is 1. The number of benzene rings is 1. The maximum absolute atomic E-state index is 9.00. The second kappa shape index (κ2) is 5.19. The Balaban J connectivity index is 1.89. The van der Waals surface area contributed by atoms with Gasteiger partial charge in [-0.05, 0) is 37.5 Å². The van der Waals surface area contributed by atoms with Crippen molar-refractivity contribution in [3.8, 4) is 0 Å². The second-order valence-corrected chi connectivity index (χ2v) is 6.01. The molecule has 0 bridgehead atoms. The van der Waals surface area contributed by atoms with Crippen LogP contribution in [-0.2, 0) is 4.74 Å². The fourth-order valence-electron chi connectivity index (χ4n) is 3.14. The third kappa shape index (κ3) is 2.17. The van der Waals surface area contributed by atoms with Crippen molar-refractivity contribution in [2.45, 2.75) is 31.4 Å². The van der Waals surface area contributed by atoms with Crippen LogP contribution in [0.1, 0.15) is 30.9 Å². The highest BCUT2D eigenvalue weighted by atomic mass is 79.9. The van der Waals surface area contributed by atoms with Gasteiger partial charge >= 0.3 is 0 Å². The Bertz CT molecular complexity index is 438. The van der Waals surface area contributed by atoms with E-state index >= 15 is 0 Å². The van der Waals surface area contributed by atoms with Crippen molar-refractivity contribution in [2.24, 2.45) is 5.92 Å². The molecule has 0 aliphatic carbocycles. The molecule has 2 N–H and O–H groups in total. The number of nitrogens with one attached hydrogen (secondary N) is 1. The summed E-state index contributed by atoms with van der Waals surface area (Å²) in [5.74, 6) is 0.540. The van der Waals surface area contributed by atoms with Gasteiger partial charge in [-0.15, -0.1) is 0 Å². The number of hydrogen-bond acceptors (Lipinski definition) is 3. The molecule has 3 nitrogen and oxygen atoms in total. The van der Waals surface area contributed by atoms with E-state index < -0.39 is 0 Å². The average Bonchev–Trinajstić information content (AvgIpc) is 2.86. The molecule has 0 radical (unpaired) electrons. The average molecular weight is 312 g/mol. The lowest BCUT2D eigenvalue weighted by molar-refractivity contribution is 0.0813. The number of ether oxygens (including phenoxy) is 1. The number of anilines is 1. The number of fused-ring (bicyclic) bond motifs is 3. The smallest absolute Gasteiger partial charge is 0.0893 e. The first-order valence-electron chi connectivity index (χ1n) is 6.58. The lowest BCUT2D eigenvalue weighted by Crippen LogP contribution is -2.36. The van der Waals surface area contributed by atoms with Crippen molar-refractivity contribution in [1.82, 2.24) is 0 Å².